The lowest BCUT2D eigenvalue weighted by atomic mass is 10.2. The second-order valence-corrected chi connectivity index (χ2v) is 4.44. The van der Waals surface area contributed by atoms with Gasteiger partial charge in [-0.25, -0.2) is 4.39 Å². The largest absolute Gasteiger partial charge is 0.505 e. The van der Waals surface area contributed by atoms with Gasteiger partial charge in [0.15, 0.2) is 11.6 Å². The van der Waals surface area contributed by atoms with Gasteiger partial charge in [0.1, 0.15) is 12.4 Å². The average molecular weight is 297 g/mol. The summed E-state index contributed by atoms with van der Waals surface area (Å²) in [4.78, 5) is 0. The Bertz CT molecular complexity index is 511. The van der Waals surface area contributed by atoms with Crippen LogP contribution in [0, 0.1) is 5.82 Å². The lowest BCUT2D eigenvalue weighted by Crippen LogP contribution is -1.95. The number of halogens is 2. The van der Waals surface area contributed by atoms with E-state index in [0.717, 1.165) is 4.47 Å². The van der Waals surface area contributed by atoms with E-state index in [4.69, 9.17) is 9.84 Å². The molecule has 17 heavy (non-hydrogen) atoms. The molecular weight excluding hydrogens is 287 g/mol. The predicted molar refractivity (Wildman–Crippen MR) is 66.5 cm³/mol. The van der Waals surface area contributed by atoms with Crippen molar-refractivity contribution in [2.24, 2.45) is 0 Å². The monoisotopic (exact) mass is 296 g/mol. The molecule has 0 saturated carbocycles. The van der Waals surface area contributed by atoms with E-state index in [-0.39, 0.29) is 12.4 Å². The van der Waals surface area contributed by atoms with E-state index in [0.29, 0.717) is 11.3 Å². The molecule has 0 aliphatic rings. The van der Waals surface area contributed by atoms with E-state index in [2.05, 4.69) is 15.9 Å². The van der Waals surface area contributed by atoms with E-state index in [1.165, 1.54) is 12.1 Å². The lowest BCUT2D eigenvalue weighted by Gasteiger charge is -2.06. The van der Waals surface area contributed by atoms with Crippen LogP contribution in [-0.4, -0.2) is 5.11 Å². The van der Waals surface area contributed by atoms with Gasteiger partial charge in [-0.15, -0.1) is 0 Å². The van der Waals surface area contributed by atoms with Crippen LogP contribution in [0.5, 0.6) is 11.5 Å². The second-order valence-electron chi connectivity index (χ2n) is 3.53. The van der Waals surface area contributed by atoms with Gasteiger partial charge in [-0.1, -0.05) is 22.0 Å². The van der Waals surface area contributed by atoms with Gasteiger partial charge in [0.2, 0.25) is 0 Å². The molecule has 2 aromatic rings. The van der Waals surface area contributed by atoms with Crippen LogP contribution in [0.3, 0.4) is 0 Å². The van der Waals surface area contributed by atoms with Gasteiger partial charge in [0.05, 0.1) is 0 Å². The maximum atomic E-state index is 13.0. The molecule has 0 amide bonds. The fraction of sp³-hybridized carbons (Fsp3) is 0.0769. The Morgan fingerprint density at radius 2 is 1.82 bits per heavy atom. The van der Waals surface area contributed by atoms with Crippen molar-refractivity contribution in [1.29, 1.82) is 0 Å². The quantitative estimate of drug-likeness (QED) is 0.931. The Hall–Kier alpha value is -1.55. The van der Waals surface area contributed by atoms with Crippen molar-refractivity contribution in [3.63, 3.8) is 0 Å². The van der Waals surface area contributed by atoms with Gasteiger partial charge < -0.3 is 9.84 Å². The van der Waals surface area contributed by atoms with Crippen LogP contribution in [0.4, 0.5) is 4.39 Å². The molecule has 0 fully saturated rings. The number of phenols is 1. The molecule has 0 atom stereocenters. The summed E-state index contributed by atoms with van der Waals surface area (Å²) in [5.74, 6) is -0.277. The zero-order chi connectivity index (χ0) is 12.3. The van der Waals surface area contributed by atoms with E-state index in [1.807, 2.05) is 24.3 Å². The molecule has 0 bridgehead atoms. The minimum atomic E-state index is -0.637. The van der Waals surface area contributed by atoms with E-state index >= 15 is 0 Å². The van der Waals surface area contributed by atoms with Gasteiger partial charge in [-0.3, -0.25) is 0 Å². The summed E-state index contributed by atoms with van der Waals surface area (Å²) in [5.41, 5.74) is 0.670. The Labute approximate surface area is 107 Å². The molecule has 0 aromatic heterocycles. The first-order valence-electron chi connectivity index (χ1n) is 5.01. The molecule has 0 saturated heterocycles. The van der Waals surface area contributed by atoms with Crippen molar-refractivity contribution >= 4 is 15.9 Å². The number of hydrogen-bond donors (Lipinski definition) is 1. The van der Waals surface area contributed by atoms with Gasteiger partial charge >= 0.3 is 0 Å². The first kappa shape index (κ1) is 11.9. The zero-order valence-electron chi connectivity index (χ0n) is 8.86. The number of rotatable bonds is 3. The smallest absolute Gasteiger partial charge is 0.165 e. The molecular formula is C13H10BrFO2. The summed E-state index contributed by atoms with van der Waals surface area (Å²) in [6.07, 6.45) is 0. The van der Waals surface area contributed by atoms with Crippen LogP contribution in [-0.2, 0) is 6.61 Å². The highest BCUT2D eigenvalue weighted by molar-refractivity contribution is 9.10. The highest BCUT2D eigenvalue weighted by atomic mass is 79.9. The van der Waals surface area contributed by atoms with Crippen molar-refractivity contribution in [3.8, 4) is 11.5 Å². The normalized spacial score (nSPS) is 10.2. The highest BCUT2D eigenvalue weighted by Gasteiger charge is 2.02. The van der Waals surface area contributed by atoms with Crippen LogP contribution in [0.2, 0.25) is 0 Å². The highest BCUT2D eigenvalue weighted by Crippen LogP contribution is 2.19. The Balaban J connectivity index is 2.02. The summed E-state index contributed by atoms with van der Waals surface area (Å²) in [6, 6.07) is 11.6. The molecule has 0 unspecified atom stereocenters. The molecule has 88 valence electrons. The summed E-state index contributed by atoms with van der Waals surface area (Å²) in [7, 11) is 0. The van der Waals surface area contributed by atoms with Crippen LogP contribution in [0.1, 0.15) is 5.56 Å². The molecule has 0 spiro atoms. The van der Waals surface area contributed by atoms with Crippen molar-refractivity contribution in [2.45, 2.75) is 6.61 Å². The molecule has 0 heterocycles. The molecule has 4 heteroatoms. The van der Waals surface area contributed by atoms with Gasteiger partial charge in [0.25, 0.3) is 0 Å². The van der Waals surface area contributed by atoms with Crippen LogP contribution in [0.15, 0.2) is 46.9 Å². The molecule has 2 rings (SSSR count). The first-order chi connectivity index (χ1) is 8.15. The number of aromatic hydroxyl groups is 1. The van der Waals surface area contributed by atoms with E-state index < -0.39 is 5.82 Å². The Morgan fingerprint density at radius 3 is 2.47 bits per heavy atom. The molecule has 2 nitrogen and oxygen atoms in total. The molecule has 0 radical (unpaired) electrons. The maximum absolute atomic E-state index is 13.0. The average Bonchev–Trinajstić information content (AvgIpc) is 2.33. The van der Waals surface area contributed by atoms with Gasteiger partial charge in [-0.05, 0) is 42.0 Å². The van der Waals surface area contributed by atoms with Crippen LogP contribution >= 0.6 is 15.9 Å². The molecule has 0 aliphatic carbocycles. The Kier molecular flexibility index (Phi) is 3.64. The minimum Gasteiger partial charge on any atom is -0.505 e. The summed E-state index contributed by atoms with van der Waals surface area (Å²) >= 11 is 3.33. The van der Waals surface area contributed by atoms with Gasteiger partial charge in [0, 0.05) is 4.47 Å². The zero-order valence-corrected chi connectivity index (χ0v) is 10.4. The third kappa shape index (κ3) is 3.20. The minimum absolute atomic E-state index is 0.263. The third-order valence-electron chi connectivity index (χ3n) is 2.23. The van der Waals surface area contributed by atoms with E-state index in [1.54, 1.807) is 6.07 Å². The number of hydrogen-bond acceptors (Lipinski definition) is 2. The van der Waals surface area contributed by atoms with Crippen molar-refractivity contribution < 1.29 is 14.2 Å². The van der Waals surface area contributed by atoms with E-state index in [9.17, 15) is 4.39 Å². The number of ether oxygens (including phenoxy) is 1. The maximum Gasteiger partial charge on any atom is 0.165 e. The summed E-state index contributed by atoms with van der Waals surface area (Å²) < 4.78 is 19.5. The number of benzene rings is 2. The molecule has 2 aromatic carbocycles. The van der Waals surface area contributed by atoms with Crippen LogP contribution in [0.25, 0.3) is 0 Å². The first-order valence-corrected chi connectivity index (χ1v) is 5.80. The topological polar surface area (TPSA) is 29.5 Å². The predicted octanol–water partition coefficient (Wildman–Crippen LogP) is 3.87. The van der Waals surface area contributed by atoms with Crippen molar-refractivity contribution in [3.05, 3.63) is 58.3 Å². The van der Waals surface area contributed by atoms with Gasteiger partial charge in [-0.2, -0.15) is 0 Å². The Morgan fingerprint density at radius 1 is 1.12 bits per heavy atom. The lowest BCUT2D eigenvalue weighted by molar-refractivity contribution is 0.305. The summed E-state index contributed by atoms with van der Waals surface area (Å²) in [6.45, 7) is 0.263. The van der Waals surface area contributed by atoms with Crippen LogP contribution < -0.4 is 4.74 Å². The number of phenolic OH excluding ortho intramolecular Hbond substituents is 1. The second kappa shape index (κ2) is 5.19. The molecule has 1 N–H and O–H groups in total. The van der Waals surface area contributed by atoms with Crippen molar-refractivity contribution in [1.82, 2.24) is 0 Å². The molecule has 0 aliphatic heterocycles. The van der Waals surface area contributed by atoms with Crippen molar-refractivity contribution in [2.75, 3.05) is 0 Å². The fourth-order valence-electron chi connectivity index (χ4n) is 1.34. The fourth-order valence-corrected chi connectivity index (χ4v) is 1.60. The third-order valence-corrected chi connectivity index (χ3v) is 2.76. The summed E-state index contributed by atoms with van der Waals surface area (Å²) in [5, 5.41) is 9.04. The SMILES string of the molecule is Oc1ccc(COc2ccc(Br)cc2)cc1F. The standard InChI is InChI=1S/C13H10BrFO2/c14-10-2-4-11(5-3-10)17-8-9-1-6-13(16)12(15)7-9/h1-7,16H,8H2.